The number of hydrogen-bond donors (Lipinski definition) is 1. The highest BCUT2D eigenvalue weighted by Crippen LogP contribution is 2.38. The second-order valence-electron chi connectivity index (χ2n) is 6.08. The number of hydrogen-bond acceptors (Lipinski definition) is 2. The van der Waals surface area contributed by atoms with Crippen molar-refractivity contribution in [1.29, 1.82) is 0 Å². The van der Waals surface area contributed by atoms with Gasteiger partial charge in [0.2, 0.25) is 0 Å². The molecule has 1 aliphatic rings. The Hall–Kier alpha value is -3.00. The fraction of sp³-hybridized carbons (Fsp3) is 0.0909. The summed E-state index contributed by atoms with van der Waals surface area (Å²) in [5.41, 5.74) is 7.39. The van der Waals surface area contributed by atoms with Gasteiger partial charge in [-0.1, -0.05) is 66.7 Å². The number of fused-ring (bicyclic) bond motifs is 1. The minimum atomic E-state index is 0.885. The third-order valence-electron chi connectivity index (χ3n) is 4.45. The Labute approximate surface area is 143 Å². The lowest BCUT2D eigenvalue weighted by Crippen LogP contribution is -2.27. The Morgan fingerprint density at radius 3 is 2.12 bits per heavy atom. The van der Waals surface area contributed by atoms with E-state index in [0.29, 0.717) is 0 Å². The molecule has 0 amide bonds. The first-order valence-electron chi connectivity index (χ1n) is 8.24. The molecule has 4 rings (SSSR count). The molecular weight excluding hydrogens is 292 g/mol. The van der Waals surface area contributed by atoms with Crippen LogP contribution in [-0.4, -0.2) is 13.6 Å². The van der Waals surface area contributed by atoms with Gasteiger partial charge in [0, 0.05) is 36.1 Å². The fourth-order valence-corrected chi connectivity index (χ4v) is 3.27. The Kier molecular flexibility index (Phi) is 3.80. The quantitative estimate of drug-likeness (QED) is 0.722. The largest absolute Gasteiger partial charge is 0.370 e. The number of nitrogens with one attached hydrogen (secondary N) is 1. The van der Waals surface area contributed by atoms with Crippen LogP contribution in [0.2, 0.25) is 0 Å². The second-order valence-corrected chi connectivity index (χ2v) is 6.08. The van der Waals surface area contributed by atoms with Crippen LogP contribution in [0.5, 0.6) is 0 Å². The van der Waals surface area contributed by atoms with Crippen LogP contribution in [0.4, 0.5) is 11.4 Å². The molecule has 24 heavy (non-hydrogen) atoms. The molecule has 1 N–H and O–H groups in total. The topological polar surface area (TPSA) is 15.3 Å². The van der Waals surface area contributed by atoms with Gasteiger partial charge in [-0.05, 0) is 23.8 Å². The van der Waals surface area contributed by atoms with E-state index in [4.69, 9.17) is 0 Å². The van der Waals surface area contributed by atoms with E-state index in [2.05, 4.69) is 96.1 Å². The minimum absolute atomic E-state index is 0.885. The number of nitrogens with zero attached hydrogens (tertiary/aromatic N) is 1. The summed E-state index contributed by atoms with van der Waals surface area (Å²) in [4.78, 5) is 2.31. The van der Waals surface area contributed by atoms with Gasteiger partial charge < -0.3 is 10.2 Å². The van der Waals surface area contributed by atoms with Crippen molar-refractivity contribution in [3.05, 3.63) is 96.1 Å². The first kappa shape index (κ1) is 14.6. The smallest absolute Gasteiger partial charge is 0.0535 e. The molecule has 2 nitrogen and oxygen atoms in total. The molecule has 0 unspecified atom stereocenters. The average Bonchev–Trinajstić information content (AvgIpc) is 2.65. The molecular formula is C22H20N2. The average molecular weight is 312 g/mol. The first-order valence-corrected chi connectivity index (χ1v) is 8.24. The van der Waals surface area contributed by atoms with Crippen molar-refractivity contribution in [2.75, 3.05) is 23.8 Å². The lowest BCUT2D eigenvalue weighted by Gasteiger charge is -2.32. The van der Waals surface area contributed by atoms with Crippen molar-refractivity contribution in [3.8, 4) is 0 Å². The molecule has 3 aromatic rings. The highest BCUT2D eigenvalue weighted by Gasteiger charge is 2.23. The van der Waals surface area contributed by atoms with Crippen molar-refractivity contribution in [1.82, 2.24) is 0 Å². The zero-order chi connectivity index (χ0) is 16.4. The summed E-state index contributed by atoms with van der Waals surface area (Å²) in [6.07, 6.45) is 0. The van der Waals surface area contributed by atoms with E-state index in [1.807, 2.05) is 6.07 Å². The predicted molar refractivity (Wildman–Crippen MR) is 103 cm³/mol. The lowest BCUT2D eigenvalue weighted by molar-refractivity contribution is 1.02. The molecule has 118 valence electrons. The molecule has 0 spiro atoms. The zero-order valence-electron chi connectivity index (χ0n) is 13.7. The lowest BCUT2D eigenvalue weighted by atomic mass is 9.94. The van der Waals surface area contributed by atoms with Crippen LogP contribution in [0.25, 0.3) is 11.3 Å². The first-order chi connectivity index (χ1) is 11.8. The van der Waals surface area contributed by atoms with Crippen molar-refractivity contribution >= 4 is 22.6 Å². The van der Waals surface area contributed by atoms with Gasteiger partial charge in [-0.2, -0.15) is 0 Å². The molecule has 2 heteroatoms. The third-order valence-corrected chi connectivity index (χ3v) is 4.45. The van der Waals surface area contributed by atoms with E-state index < -0.39 is 0 Å². The van der Waals surface area contributed by atoms with Crippen LogP contribution in [0, 0.1) is 0 Å². The summed E-state index contributed by atoms with van der Waals surface area (Å²) in [7, 11) is 2.15. The molecule has 1 aliphatic heterocycles. The molecule has 0 fully saturated rings. The summed E-state index contributed by atoms with van der Waals surface area (Å²) in [6, 6.07) is 29.6. The summed E-state index contributed by atoms with van der Waals surface area (Å²) in [5.74, 6) is 0. The van der Waals surface area contributed by atoms with Crippen molar-refractivity contribution < 1.29 is 0 Å². The summed E-state index contributed by atoms with van der Waals surface area (Å²) in [5, 5.41) is 3.66. The molecule has 1 heterocycles. The molecule has 0 saturated heterocycles. The van der Waals surface area contributed by atoms with Gasteiger partial charge in [-0.25, -0.2) is 0 Å². The van der Waals surface area contributed by atoms with Crippen LogP contribution < -0.4 is 10.2 Å². The monoisotopic (exact) mass is 312 g/mol. The van der Waals surface area contributed by atoms with E-state index in [1.165, 1.54) is 28.1 Å². The number of benzene rings is 3. The van der Waals surface area contributed by atoms with Crippen LogP contribution in [0.1, 0.15) is 11.1 Å². The molecule has 0 bridgehead atoms. The number of para-hydroxylation sites is 2. The molecule has 0 atom stereocenters. The van der Waals surface area contributed by atoms with E-state index in [1.54, 1.807) is 0 Å². The van der Waals surface area contributed by atoms with Gasteiger partial charge in [0.1, 0.15) is 0 Å². The summed E-state index contributed by atoms with van der Waals surface area (Å²) >= 11 is 0. The van der Waals surface area contributed by atoms with Gasteiger partial charge >= 0.3 is 0 Å². The van der Waals surface area contributed by atoms with Crippen LogP contribution in [-0.2, 0) is 0 Å². The Morgan fingerprint density at radius 1 is 0.750 bits per heavy atom. The van der Waals surface area contributed by atoms with Crippen LogP contribution in [0.3, 0.4) is 0 Å². The standard InChI is InChI=1S/C22H20N2/c1-24-16-20(17-10-4-2-5-11-17)22(19-14-8-9-15-21(19)24)23-18-12-6-3-7-13-18/h2-15,23H,16H2,1H3. The van der Waals surface area contributed by atoms with E-state index in [0.717, 1.165) is 12.2 Å². The Morgan fingerprint density at radius 2 is 1.38 bits per heavy atom. The van der Waals surface area contributed by atoms with Gasteiger partial charge in [-0.3, -0.25) is 0 Å². The Bertz CT molecular complexity index is 867. The maximum absolute atomic E-state index is 3.66. The second kappa shape index (κ2) is 6.25. The highest BCUT2D eigenvalue weighted by molar-refractivity contribution is 6.02. The SMILES string of the molecule is CN1CC(c2ccccc2)=C(Nc2ccccc2)c2ccccc21. The predicted octanol–water partition coefficient (Wildman–Crippen LogP) is 5.12. The normalized spacial score (nSPS) is 13.6. The third kappa shape index (κ3) is 2.67. The van der Waals surface area contributed by atoms with E-state index in [-0.39, 0.29) is 0 Å². The highest BCUT2D eigenvalue weighted by atomic mass is 15.1. The number of likely N-dealkylation sites (N-methyl/N-ethyl adjacent to an activating group) is 1. The number of rotatable bonds is 3. The summed E-state index contributed by atoms with van der Waals surface area (Å²) in [6.45, 7) is 0.885. The zero-order valence-corrected chi connectivity index (χ0v) is 13.7. The van der Waals surface area contributed by atoms with Gasteiger partial charge in [0.05, 0.1) is 5.70 Å². The maximum Gasteiger partial charge on any atom is 0.0535 e. The summed E-state index contributed by atoms with van der Waals surface area (Å²) < 4.78 is 0. The molecule has 0 radical (unpaired) electrons. The van der Waals surface area contributed by atoms with Crippen molar-refractivity contribution in [3.63, 3.8) is 0 Å². The fourth-order valence-electron chi connectivity index (χ4n) is 3.27. The van der Waals surface area contributed by atoms with Gasteiger partial charge in [0.25, 0.3) is 0 Å². The van der Waals surface area contributed by atoms with E-state index in [9.17, 15) is 0 Å². The maximum atomic E-state index is 3.66. The minimum Gasteiger partial charge on any atom is -0.370 e. The molecule has 0 saturated carbocycles. The molecule has 0 aliphatic carbocycles. The number of anilines is 2. The van der Waals surface area contributed by atoms with Gasteiger partial charge in [0.15, 0.2) is 0 Å². The van der Waals surface area contributed by atoms with E-state index >= 15 is 0 Å². The molecule has 3 aromatic carbocycles. The Balaban J connectivity index is 1.89. The van der Waals surface area contributed by atoms with Crippen LogP contribution in [0.15, 0.2) is 84.9 Å². The van der Waals surface area contributed by atoms with Crippen LogP contribution >= 0.6 is 0 Å². The van der Waals surface area contributed by atoms with Gasteiger partial charge in [-0.15, -0.1) is 0 Å². The molecule has 0 aromatic heterocycles. The van der Waals surface area contributed by atoms with Crippen molar-refractivity contribution in [2.45, 2.75) is 0 Å². The van der Waals surface area contributed by atoms with Crippen molar-refractivity contribution in [2.24, 2.45) is 0 Å².